The Balaban J connectivity index is 1.35. The summed E-state index contributed by atoms with van der Waals surface area (Å²) in [6.45, 7) is 11.3. The predicted molar refractivity (Wildman–Crippen MR) is 163 cm³/mol. The van der Waals surface area contributed by atoms with Crippen LogP contribution >= 0.6 is 0 Å². The normalized spacial score (nSPS) is 15.8. The summed E-state index contributed by atoms with van der Waals surface area (Å²) >= 11 is 0. The minimum Gasteiger partial charge on any atom is -0.457 e. The van der Waals surface area contributed by atoms with Gasteiger partial charge in [0.25, 0.3) is 0 Å². The van der Waals surface area contributed by atoms with Gasteiger partial charge in [-0.1, -0.05) is 94.4 Å². The van der Waals surface area contributed by atoms with Crippen molar-refractivity contribution in [3.63, 3.8) is 0 Å². The zero-order chi connectivity index (χ0) is 29.2. The summed E-state index contributed by atoms with van der Waals surface area (Å²) in [4.78, 5) is 25.6. The Hall–Kier alpha value is -4.18. The van der Waals surface area contributed by atoms with Crippen LogP contribution in [0.2, 0.25) is 0 Å². The van der Waals surface area contributed by atoms with Crippen LogP contribution in [0.4, 0.5) is 0 Å². The van der Waals surface area contributed by atoms with Gasteiger partial charge in [0.15, 0.2) is 0 Å². The molecule has 41 heavy (non-hydrogen) atoms. The van der Waals surface area contributed by atoms with Crippen LogP contribution < -0.4 is 4.74 Å². The Morgan fingerprint density at radius 3 is 2.05 bits per heavy atom. The molecule has 4 aromatic carbocycles. The molecule has 0 aromatic heterocycles. The summed E-state index contributed by atoms with van der Waals surface area (Å²) in [6, 6.07) is 30.9. The second-order valence-corrected chi connectivity index (χ2v) is 12.4. The van der Waals surface area contributed by atoms with Crippen molar-refractivity contribution >= 4 is 11.9 Å². The molecule has 1 unspecified atom stereocenters. The number of esters is 2. The molecule has 0 N–H and O–H groups in total. The molecule has 0 spiro atoms. The van der Waals surface area contributed by atoms with Gasteiger partial charge in [-0.25, -0.2) is 4.79 Å². The number of ether oxygens (including phenoxy) is 2. The third-order valence-corrected chi connectivity index (χ3v) is 8.40. The van der Waals surface area contributed by atoms with Gasteiger partial charge in [0.1, 0.15) is 12.4 Å². The van der Waals surface area contributed by atoms with Gasteiger partial charge in [-0.3, -0.25) is 4.79 Å². The lowest BCUT2D eigenvalue weighted by molar-refractivity contribution is -0.135. The SMILES string of the molecule is CC(C(=O)Oc1ccc(COC(=O)c2ccccc2)cc1)c1cc(-c2ccccc2)c2c(c1)C(C)(C)CCC2(C)C. The number of fused-ring (bicyclic) bond motifs is 1. The first kappa shape index (κ1) is 28.4. The maximum absolute atomic E-state index is 13.4. The molecule has 4 aromatic rings. The fraction of sp³-hybridized carbons (Fsp3) is 0.297. The Labute approximate surface area is 243 Å². The topological polar surface area (TPSA) is 52.6 Å². The highest BCUT2D eigenvalue weighted by atomic mass is 16.5. The van der Waals surface area contributed by atoms with Crippen molar-refractivity contribution in [2.24, 2.45) is 0 Å². The van der Waals surface area contributed by atoms with Crippen molar-refractivity contribution in [3.8, 4) is 16.9 Å². The molecular weight excluding hydrogens is 508 g/mol. The van der Waals surface area contributed by atoms with Crippen molar-refractivity contribution in [1.82, 2.24) is 0 Å². The van der Waals surface area contributed by atoms with Crippen molar-refractivity contribution in [1.29, 1.82) is 0 Å². The van der Waals surface area contributed by atoms with Crippen LogP contribution in [0.3, 0.4) is 0 Å². The lowest BCUT2D eigenvalue weighted by atomic mass is 9.61. The number of rotatable bonds is 7. The number of hydrogen-bond donors (Lipinski definition) is 0. The minimum atomic E-state index is -0.449. The van der Waals surface area contributed by atoms with E-state index < -0.39 is 5.92 Å². The predicted octanol–water partition coefficient (Wildman–Crippen LogP) is 8.77. The molecule has 210 valence electrons. The first-order valence-electron chi connectivity index (χ1n) is 14.3. The van der Waals surface area contributed by atoms with E-state index in [2.05, 4.69) is 64.1 Å². The van der Waals surface area contributed by atoms with Gasteiger partial charge in [0.2, 0.25) is 0 Å². The Bertz CT molecular complexity index is 1530. The monoisotopic (exact) mass is 546 g/mol. The number of benzene rings is 4. The lowest BCUT2D eigenvalue weighted by Crippen LogP contribution is -2.35. The number of hydrogen-bond acceptors (Lipinski definition) is 4. The van der Waals surface area contributed by atoms with Crippen LogP contribution in [0.15, 0.2) is 97.1 Å². The Kier molecular flexibility index (Phi) is 7.86. The first-order valence-corrected chi connectivity index (χ1v) is 14.3. The lowest BCUT2D eigenvalue weighted by Gasteiger charge is -2.43. The molecule has 0 saturated carbocycles. The van der Waals surface area contributed by atoms with E-state index in [0.717, 1.165) is 24.0 Å². The molecule has 1 aliphatic carbocycles. The van der Waals surface area contributed by atoms with Gasteiger partial charge >= 0.3 is 11.9 Å². The number of carbonyl (C=O) groups is 2. The average Bonchev–Trinajstić information content (AvgIpc) is 2.99. The maximum Gasteiger partial charge on any atom is 0.338 e. The van der Waals surface area contributed by atoms with Crippen molar-refractivity contribution < 1.29 is 19.1 Å². The van der Waals surface area contributed by atoms with Crippen LogP contribution in [-0.2, 0) is 27.0 Å². The highest BCUT2D eigenvalue weighted by molar-refractivity contribution is 5.89. The van der Waals surface area contributed by atoms with E-state index in [9.17, 15) is 9.59 Å². The summed E-state index contributed by atoms with van der Waals surface area (Å²) in [5.74, 6) is -0.667. The van der Waals surface area contributed by atoms with Crippen molar-refractivity contribution in [2.45, 2.75) is 70.8 Å². The fourth-order valence-electron chi connectivity index (χ4n) is 5.71. The van der Waals surface area contributed by atoms with E-state index >= 15 is 0 Å². The molecule has 0 aliphatic heterocycles. The smallest absolute Gasteiger partial charge is 0.338 e. The maximum atomic E-state index is 13.4. The summed E-state index contributed by atoms with van der Waals surface area (Å²) in [7, 11) is 0. The zero-order valence-electron chi connectivity index (χ0n) is 24.6. The van der Waals surface area contributed by atoms with Gasteiger partial charge in [0, 0.05) is 0 Å². The zero-order valence-corrected chi connectivity index (χ0v) is 24.6. The molecule has 1 atom stereocenters. The van der Waals surface area contributed by atoms with E-state index in [1.54, 1.807) is 36.4 Å². The molecule has 0 saturated heterocycles. The quantitative estimate of drug-likeness (QED) is 0.172. The fourth-order valence-corrected chi connectivity index (χ4v) is 5.71. The third-order valence-electron chi connectivity index (χ3n) is 8.40. The summed E-state index contributed by atoms with van der Waals surface area (Å²) in [5, 5.41) is 0. The summed E-state index contributed by atoms with van der Waals surface area (Å²) in [5.41, 5.74) is 7.40. The average molecular weight is 547 g/mol. The van der Waals surface area contributed by atoms with Gasteiger partial charge < -0.3 is 9.47 Å². The van der Waals surface area contributed by atoms with E-state index in [4.69, 9.17) is 9.47 Å². The van der Waals surface area contributed by atoms with E-state index in [1.807, 2.05) is 31.2 Å². The standard InChI is InChI=1S/C37H38O4/c1-25(34(38)41-30-18-16-26(17-19-30)24-40-35(39)28-14-10-7-11-15-28)29-22-31(27-12-8-6-9-13-27)33-32(23-29)36(2,3)20-21-37(33,4)5/h6-19,22-23,25H,20-21,24H2,1-5H3. The molecule has 4 heteroatoms. The molecule has 0 heterocycles. The van der Waals surface area contributed by atoms with E-state index in [0.29, 0.717) is 11.3 Å². The van der Waals surface area contributed by atoms with Gasteiger partial charge in [-0.2, -0.15) is 0 Å². The highest BCUT2D eigenvalue weighted by Gasteiger charge is 2.39. The van der Waals surface area contributed by atoms with Crippen LogP contribution in [0.25, 0.3) is 11.1 Å². The Morgan fingerprint density at radius 1 is 0.780 bits per heavy atom. The van der Waals surface area contributed by atoms with E-state index in [1.165, 1.54) is 22.3 Å². The van der Waals surface area contributed by atoms with Gasteiger partial charge in [-0.05, 0) is 94.3 Å². The van der Waals surface area contributed by atoms with Crippen LogP contribution in [0.1, 0.15) is 86.0 Å². The second kappa shape index (κ2) is 11.4. The molecular formula is C37H38O4. The molecule has 1 aliphatic rings. The van der Waals surface area contributed by atoms with Crippen molar-refractivity contribution in [2.75, 3.05) is 0 Å². The Morgan fingerprint density at radius 2 is 1.39 bits per heavy atom. The van der Waals surface area contributed by atoms with Crippen molar-refractivity contribution in [3.05, 3.63) is 125 Å². The van der Waals surface area contributed by atoms with Crippen LogP contribution in [0.5, 0.6) is 5.75 Å². The van der Waals surface area contributed by atoms with Crippen LogP contribution in [-0.4, -0.2) is 11.9 Å². The molecule has 4 nitrogen and oxygen atoms in total. The highest BCUT2D eigenvalue weighted by Crippen LogP contribution is 2.50. The summed E-state index contributed by atoms with van der Waals surface area (Å²) < 4.78 is 11.2. The summed E-state index contributed by atoms with van der Waals surface area (Å²) in [6.07, 6.45) is 2.21. The van der Waals surface area contributed by atoms with E-state index in [-0.39, 0.29) is 29.4 Å². The van der Waals surface area contributed by atoms with Gasteiger partial charge in [-0.15, -0.1) is 0 Å². The molecule has 5 rings (SSSR count). The number of carbonyl (C=O) groups excluding carboxylic acids is 2. The first-order chi connectivity index (χ1) is 19.5. The molecule has 0 amide bonds. The molecule has 0 fully saturated rings. The molecule has 0 radical (unpaired) electrons. The minimum absolute atomic E-state index is 0.00775. The third kappa shape index (κ3) is 6.12. The van der Waals surface area contributed by atoms with Gasteiger partial charge in [0.05, 0.1) is 11.5 Å². The second-order valence-electron chi connectivity index (χ2n) is 12.4. The van der Waals surface area contributed by atoms with Crippen LogP contribution in [0, 0.1) is 0 Å². The molecule has 0 bridgehead atoms. The largest absolute Gasteiger partial charge is 0.457 e.